The molecule has 0 aliphatic rings. The molecule has 0 unspecified atom stereocenters. The minimum atomic E-state index is -0.388. The molecular weight excluding hydrogens is 286 g/mol. The van der Waals surface area contributed by atoms with Crippen molar-refractivity contribution in [3.63, 3.8) is 0 Å². The van der Waals surface area contributed by atoms with Gasteiger partial charge in [0.2, 0.25) is 0 Å². The van der Waals surface area contributed by atoms with Crippen molar-refractivity contribution >= 4 is 21.6 Å². The Hall–Kier alpha value is -0.940. The molecule has 0 fully saturated rings. The number of alkyl halides is 1. The molecule has 5 heteroatoms. The van der Waals surface area contributed by atoms with Crippen LogP contribution in [-0.4, -0.2) is 23.5 Å². The maximum atomic E-state index is 10.5. The molecule has 1 aromatic rings. The normalized spacial score (nSPS) is 10.4. The van der Waals surface area contributed by atoms with Crippen LogP contribution in [0, 0.1) is 10.1 Å². The monoisotopic (exact) mass is 301 g/mol. The molecule has 4 nitrogen and oxygen atoms in total. The van der Waals surface area contributed by atoms with Gasteiger partial charge in [0, 0.05) is 24.1 Å². The lowest BCUT2D eigenvalue weighted by atomic mass is 10.1. The van der Waals surface area contributed by atoms with E-state index < -0.39 is 0 Å². The third kappa shape index (κ3) is 5.79. The summed E-state index contributed by atoms with van der Waals surface area (Å²) in [6, 6.07) is 6.61. The molecule has 0 N–H and O–H groups in total. The Morgan fingerprint density at radius 2 is 1.88 bits per heavy atom. The first-order valence-electron chi connectivity index (χ1n) is 5.61. The highest BCUT2D eigenvalue weighted by molar-refractivity contribution is 9.09. The lowest BCUT2D eigenvalue weighted by Crippen LogP contribution is -2.00. The van der Waals surface area contributed by atoms with Gasteiger partial charge in [-0.25, -0.2) is 0 Å². The molecule has 0 spiro atoms. The van der Waals surface area contributed by atoms with Crippen LogP contribution in [0.25, 0.3) is 0 Å². The van der Waals surface area contributed by atoms with Gasteiger partial charge in [-0.15, -0.1) is 0 Å². The Morgan fingerprint density at radius 1 is 1.18 bits per heavy atom. The van der Waals surface area contributed by atoms with Gasteiger partial charge < -0.3 is 4.74 Å². The van der Waals surface area contributed by atoms with Crippen LogP contribution in [0.15, 0.2) is 24.3 Å². The number of nitrogens with zero attached hydrogens (tertiary/aromatic N) is 1. The molecule has 0 aliphatic carbocycles. The molecule has 0 amide bonds. The number of benzene rings is 1. The van der Waals surface area contributed by atoms with Crippen LogP contribution in [-0.2, 0) is 11.2 Å². The van der Waals surface area contributed by atoms with E-state index in [-0.39, 0.29) is 10.6 Å². The summed E-state index contributed by atoms with van der Waals surface area (Å²) in [5.74, 6) is 0. The second kappa shape index (κ2) is 8.20. The van der Waals surface area contributed by atoms with E-state index in [0.717, 1.165) is 36.8 Å². The minimum Gasteiger partial charge on any atom is -0.381 e. The van der Waals surface area contributed by atoms with Gasteiger partial charge in [0.15, 0.2) is 0 Å². The second-order valence-corrected chi connectivity index (χ2v) is 4.48. The number of ether oxygens (including phenoxy) is 1. The van der Waals surface area contributed by atoms with Crippen LogP contribution >= 0.6 is 15.9 Å². The predicted molar refractivity (Wildman–Crippen MR) is 70.6 cm³/mol. The molecule has 0 aliphatic heterocycles. The van der Waals surface area contributed by atoms with E-state index in [1.54, 1.807) is 12.1 Å². The lowest BCUT2D eigenvalue weighted by Gasteiger charge is -2.03. The van der Waals surface area contributed by atoms with E-state index >= 15 is 0 Å². The van der Waals surface area contributed by atoms with Gasteiger partial charge in [-0.05, 0) is 24.8 Å². The number of hydrogen-bond donors (Lipinski definition) is 0. The van der Waals surface area contributed by atoms with E-state index in [9.17, 15) is 10.1 Å². The zero-order chi connectivity index (χ0) is 12.5. The summed E-state index contributed by atoms with van der Waals surface area (Å²) >= 11 is 3.36. The summed E-state index contributed by atoms with van der Waals surface area (Å²) in [5.41, 5.74) is 1.20. The van der Waals surface area contributed by atoms with E-state index in [4.69, 9.17) is 4.74 Å². The summed E-state index contributed by atoms with van der Waals surface area (Å²) in [6.45, 7) is 1.44. The number of nitro benzene ring substituents is 1. The van der Waals surface area contributed by atoms with Gasteiger partial charge in [-0.1, -0.05) is 28.1 Å². The zero-order valence-corrected chi connectivity index (χ0v) is 11.2. The summed E-state index contributed by atoms with van der Waals surface area (Å²) < 4.78 is 5.46. The summed E-state index contributed by atoms with van der Waals surface area (Å²) in [7, 11) is 0. The van der Waals surface area contributed by atoms with Gasteiger partial charge in [-0.3, -0.25) is 10.1 Å². The van der Waals surface area contributed by atoms with Gasteiger partial charge in [0.1, 0.15) is 0 Å². The molecule has 0 heterocycles. The van der Waals surface area contributed by atoms with Crippen molar-refractivity contribution in [2.45, 2.75) is 19.3 Å². The Morgan fingerprint density at radius 3 is 2.47 bits per heavy atom. The first-order valence-corrected chi connectivity index (χ1v) is 6.73. The number of hydrogen-bond acceptors (Lipinski definition) is 3. The van der Waals surface area contributed by atoms with Gasteiger partial charge in [0.25, 0.3) is 5.69 Å². The topological polar surface area (TPSA) is 52.4 Å². The zero-order valence-electron chi connectivity index (χ0n) is 9.60. The molecule has 17 heavy (non-hydrogen) atoms. The Kier molecular flexibility index (Phi) is 6.81. The van der Waals surface area contributed by atoms with Gasteiger partial charge >= 0.3 is 0 Å². The molecule has 0 saturated heterocycles. The van der Waals surface area contributed by atoms with Crippen molar-refractivity contribution in [3.8, 4) is 0 Å². The molecule has 0 bridgehead atoms. The Balaban J connectivity index is 2.21. The second-order valence-electron chi connectivity index (χ2n) is 3.68. The Bertz CT molecular complexity index is 340. The third-order valence-corrected chi connectivity index (χ3v) is 2.92. The smallest absolute Gasteiger partial charge is 0.269 e. The number of non-ortho nitro benzene ring substituents is 1. The largest absolute Gasteiger partial charge is 0.381 e. The summed E-state index contributed by atoms with van der Waals surface area (Å²) in [6.07, 6.45) is 2.98. The van der Waals surface area contributed by atoms with Crippen LogP contribution in [0.1, 0.15) is 18.4 Å². The van der Waals surface area contributed by atoms with Crippen LogP contribution in [0.2, 0.25) is 0 Å². The van der Waals surface area contributed by atoms with Crippen molar-refractivity contribution < 1.29 is 9.66 Å². The fourth-order valence-electron chi connectivity index (χ4n) is 1.38. The quantitative estimate of drug-likeness (QED) is 0.320. The highest BCUT2D eigenvalue weighted by Crippen LogP contribution is 2.12. The molecule has 0 aromatic heterocycles. The molecule has 1 aromatic carbocycles. The average Bonchev–Trinajstić information content (AvgIpc) is 2.34. The number of halogens is 1. The fraction of sp³-hybridized carbons (Fsp3) is 0.500. The molecule has 0 radical (unpaired) electrons. The van der Waals surface area contributed by atoms with Crippen LogP contribution < -0.4 is 0 Å². The lowest BCUT2D eigenvalue weighted by molar-refractivity contribution is -0.384. The van der Waals surface area contributed by atoms with E-state index in [1.165, 1.54) is 12.1 Å². The standard InChI is InChI=1S/C12H16BrNO3/c13-8-1-2-9-17-10-7-11-3-5-12(6-4-11)14(15)16/h3-6H,1-2,7-10H2. The number of rotatable bonds is 8. The number of unbranched alkanes of at least 4 members (excludes halogenated alkanes) is 1. The van der Waals surface area contributed by atoms with Crippen molar-refractivity contribution in [3.05, 3.63) is 39.9 Å². The van der Waals surface area contributed by atoms with E-state index in [1.807, 2.05) is 0 Å². The molecular formula is C12H16BrNO3. The average molecular weight is 302 g/mol. The molecule has 94 valence electrons. The van der Waals surface area contributed by atoms with E-state index in [0.29, 0.717) is 6.61 Å². The third-order valence-electron chi connectivity index (χ3n) is 2.35. The Labute approximate surface area is 109 Å². The van der Waals surface area contributed by atoms with E-state index in [2.05, 4.69) is 15.9 Å². The predicted octanol–water partition coefficient (Wildman–Crippen LogP) is 3.33. The SMILES string of the molecule is O=[N+]([O-])c1ccc(CCOCCCCBr)cc1. The highest BCUT2D eigenvalue weighted by Gasteiger charge is 2.03. The fourth-order valence-corrected chi connectivity index (χ4v) is 1.77. The maximum absolute atomic E-state index is 10.5. The molecule has 0 saturated carbocycles. The maximum Gasteiger partial charge on any atom is 0.269 e. The first kappa shape index (κ1) is 14.1. The van der Waals surface area contributed by atoms with Gasteiger partial charge in [-0.2, -0.15) is 0 Å². The van der Waals surface area contributed by atoms with Crippen molar-refractivity contribution in [2.24, 2.45) is 0 Å². The highest BCUT2D eigenvalue weighted by atomic mass is 79.9. The van der Waals surface area contributed by atoms with Crippen molar-refractivity contribution in [1.29, 1.82) is 0 Å². The first-order chi connectivity index (χ1) is 8.24. The summed E-state index contributed by atoms with van der Waals surface area (Å²) in [4.78, 5) is 10.1. The van der Waals surface area contributed by atoms with Gasteiger partial charge in [0.05, 0.1) is 11.5 Å². The molecule has 0 atom stereocenters. The van der Waals surface area contributed by atoms with Crippen molar-refractivity contribution in [1.82, 2.24) is 0 Å². The minimum absolute atomic E-state index is 0.131. The van der Waals surface area contributed by atoms with Crippen molar-refractivity contribution in [2.75, 3.05) is 18.5 Å². The molecule has 1 rings (SSSR count). The summed E-state index contributed by atoms with van der Waals surface area (Å²) in [5, 5.41) is 11.5. The van der Waals surface area contributed by atoms with Crippen LogP contribution in [0.3, 0.4) is 0 Å². The number of nitro groups is 1. The van der Waals surface area contributed by atoms with Crippen LogP contribution in [0.4, 0.5) is 5.69 Å². The van der Waals surface area contributed by atoms with Crippen LogP contribution in [0.5, 0.6) is 0 Å².